The molecule has 1 amide bonds. The first-order valence-corrected chi connectivity index (χ1v) is 8.77. The van der Waals surface area contributed by atoms with Crippen LogP contribution >= 0.6 is 15.9 Å². The lowest BCUT2D eigenvalue weighted by molar-refractivity contribution is -0.150. The van der Waals surface area contributed by atoms with Crippen molar-refractivity contribution >= 4 is 33.5 Å². The molecule has 1 N–H and O–H groups in total. The Morgan fingerprint density at radius 2 is 2.26 bits per heavy atom. The van der Waals surface area contributed by atoms with Gasteiger partial charge in [0.1, 0.15) is 0 Å². The van der Waals surface area contributed by atoms with Crippen molar-refractivity contribution < 1.29 is 14.3 Å². The van der Waals surface area contributed by atoms with Gasteiger partial charge in [-0.3, -0.25) is 14.5 Å². The number of nitrogens with one attached hydrogen (secondary N) is 1. The minimum absolute atomic E-state index is 0.0624. The Bertz CT molecular complexity index is 565. The maximum atomic E-state index is 12.4. The largest absolute Gasteiger partial charge is 0.466 e. The summed E-state index contributed by atoms with van der Waals surface area (Å²) >= 11 is 3.39. The molecule has 1 aliphatic heterocycles. The minimum atomic E-state index is -0.286. The number of piperidine rings is 1. The second-order valence-corrected chi connectivity index (χ2v) is 6.68. The fourth-order valence-corrected chi connectivity index (χ4v) is 3.19. The molecule has 1 aromatic rings. The number of benzene rings is 1. The first-order valence-electron chi connectivity index (χ1n) is 7.98. The molecule has 0 radical (unpaired) electrons. The summed E-state index contributed by atoms with van der Waals surface area (Å²) in [6.45, 7) is 5.48. The quantitative estimate of drug-likeness (QED) is 0.795. The van der Waals surface area contributed by atoms with E-state index in [0.29, 0.717) is 13.2 Å². The van der Waals surface area contributed by atoms with Crippen LogP contribution < -0.4 is 5.32 Å². The summed E-state index contributed by atoms with van der Waals surface area (Å²) in [5.74, 6) is -0.353. The number of anilines is 1. The lowest BCUT2D eigenvalue weighted by Gasteiger charge is -2.35. The van der Waals surface area contributed by atoms with Gasteiger partial charge in [0.25, 0.3) is 0 Å². The molecule has 0 saturated carbocycles. The third-order valence-corrected chi connectivity index (χ3v) is 4.59. The highest BCUT2D eigenvalue weighted by Gasteiger charge is 2.31. The highest BCUT2D eigenvalue weighted by Crippen LogP contribution is 2.21. The van der Waals surface area contributed by atoms with E-state index in [0.717, 1.165) is 29.5 Å². The van der Waals surface area contributed by atoms with Gasteiger partial charge in [-0.1, -0.05) is 22.0 Å². The molecule has 23 heavy (non-hydrogen) atoms. The maximum Gasteiger partial charge on any atom is 0.310 e. The van der Waals surface area contributed by atoms with E-state index in [9.17, 15) is 9.59 Å². The molecule has 1 fully saturated rings. The SMILES string of the molecule is CCOC(=O)[C@@H]1CCCN([C@@H](C)C(=O)Nc2cccc(Br)c2)C1. The van der Waals surface area contributed by atoms with Crippen LogP contribution in [0.4, 0.5) is 5.69 Å². The van der Waals surface area contributed by atoms with Gasteiger partial charge in [0.15, 0.2) is 0 Å². The molecular weight excluding hydrogens is 360 g/mol. The van der Waals surface area contributed by atoms with Crippen LogP contribution in [0.5, 0.6) is 0 Å². The Labute approximate surface area is 145 Å². The molecule has 0 spiro atoms. The van der Waals surface area contributed by atoms with Crippen molar-refractivity contribution in [3.05, 3.63) is 28.7 Å². The molecule has 1 saturated heterocycles. The highest BCUT2D eigenvalue weighted by atomic mass is 79.9. The Morgan fingerprint density at radius 1 is 1.48 bits per heavy atom. The molecule has 1 aliphatic rings. The van der Waals surface area contributed by atoms with Crippen LogP contribution in [0, 0.1) is 5.92 Å². The fourth-order valence-electron chi connectivity index (χ4n) is 2.79. The van der Waals surface area contributed by atoms with Crippen molar-refractivity contribution in [2.45, 2.75) is 32.7 Å². The van der Waals surface area contributed by atoms with Gasteiger partial charge in [0, 0.05) is 16.7 Å². The minimum Gasteiger partial charge on any atom is -0.466 e. The van der Waals surface area contributed by atoms with Crippen LogP contribution in [0.1, 0.15) is 26.7 Å². The number of halogens is 1. The van der Waals surface area contributed by atoms with Gasteiger partial charge in [0.05, 0.1) is 18.6 Å². The molecule has 126 valence electrons. The van der Waals surface area contributed by atoms with E-state index in [2.05, 4.69) is 26.1 Å². The van der Waals surface area contributed by atoms with Gasteiger partial charge in [0.2, 0.25) is 5.91 Å². The average molecular weight is 383 g/mol. The van der Waals surface area contributed by atoms with Crippen LogP contribution in [0.15, 0.2) is 28.7 Å². The summed E-state index contributed by atoms with van der Waals surface area (Å²) in [4.78, 5) is 26.4. The van der Waals surface area contributed by atoms with Crippen molar-refractivity contribution in [1.82, 2.24) is 4.90 Å². The Morgan fingerprint density at radius 3 is 2.96 bits per heavy atom. The average Bonchev–Trinajstić information content (AvgIpc) is 2.54. The summed E-state index contributed by atoms with van der Waals surface area (Å²) in [6.07, 6.45) is 1.73. The Hall–Kier alpha value is -1.40. The van der Waals surface area contributed by atoms with Crippen LogP contribution in [0.2, 0.25) is 0 Å². The van der Waals surface area contributed by atoms with E-state index >= 15 is 0 Å². The van der Waals surface area contributed by atoms with Gasteiger partial charge in [-0.15, -0.1) is 0 Å². The molecule has 0 unspecified atom stereocenters. The van der Waals surface area contributed by atoms with Crippen molar-refractivity contribution in [2.75, 3.05) is 25.0 Å². The summed E-state index contributed by atoms with van der Waals surface area (Å²) < 4.78 is 6.03. The number of carbonyl (C=O) groups is 2. The highest BCUT2D eigenvalue weighted by molar-refractivity contribution is 9.10. The van der Waals surface area contributed by atoms with Crippen LogP contribution in [0.25, 0.3) is 0 Å². The molecule has 0 bridgehead atoms. The zero-order valence-corrected chi connectivity index (χ0v) is 15.1. The summed E-state index contributed by atoms with van der Waals surface area (Å²) in [7, 11) is 0. The standard InChI is InChI=1S/C17H23BrN2O3/c1-3-23-17(22)13-6-5-9-20(11-13)12(2)16(21)19-15-8-4-7-14(18)10-15/h4,7-8,10,12-13H,3,5-6,9,11H2,1-2H3,(H,19,21)/t12-,13+/m0/s1. The zero-order chi connectivity index (χ0) is 16.8. The smallest absolute Gasteiger partial charge is 0.310 e. The maximum absolute atomic E-state index is 12.4. The second kappa shape index (κ2) is 8.45. The third kappa shape index (κ3) is 5.04. The second-order valence-electron chi connectivity index (χ2n) is 5.76. The predicted molar refractivity (Wildman–Crippen MR) is 93.2 cm³/mol. The first kappa shape index (κ1) is 17.9. The molecule has 2 atom stereocenters. The number of hydrogen-bond donors (Lipinski definition) is 1. The molecule has 6 heteroatoms. The molecule has 5 nitrogen and oxygen atoms in total. The molecular formula is C17H23BrN2O3. The van der Waals surface area contributed by atoms with E-state index in [1.807, 2.05) is 38.1 Å². The number of likely N-dealkylation sites (tertiary alicyclic amines) is 1. The number of carbonyl (C=O) groups excluding carboxylic acids is 2. The number of hydrogen-bond acceptors (Lipinski definition) is 4. The van der Waals surface area contributed by atoms with Crippen LogP contribution in [-0.4, -0.2) is 42.5 Å². The number of ether oxygens (including phenoxy) is 1. The van der Waals surface area contributed by atoms with Crippen molar-refractivity contribution in [3.63, 3.8) is 0 Å². The zero-order valence-electron chi connectivity index (χ0n) is 13.5. The summed E-state index contributed by atoms with van der Waals surface area (Å²) in [6, 6.07) is 7.22. The van der Waals surface area contributed by atoms with E-state index in [1.54, 1.807) is 0 Å². The van der Waals surface area contributed by atoms with Crippen LogP contribution in [0.3, 0.4) is 0 Å². The molecule has 0 aliphatic carbocycles. The Kier molecular flexibility index (Phi) is 6.59. The van der Waals surface area contributed by atoms with Gasteiger partial charge < -0.3 is 10.1 Å². The molecule has 0 aromatic heterocycles. The van der Waals surface area contributed by atoms with Crippen molar-refractivity contribution in [2.24, 2.45) is 5.92 Å². The van der Waals surface area contributed by atoms with E-state index < -0.39 is 0 Å². The number of nitrogens with zero attached hydrogens (tertiary/aromatic N) is 1. The number of amides is 1. The van der Waals surface area contributed by atoms with E-state index in [-0.39, 0.29) is 23.8 Å². The lowest BCUT2D eigenvalue weighted by atomic mass is 9.97. The fraction of sp³-hybridized carbons (Fsp3) is 0.529. The van der Waals surface area contributed by atoms with Crippen molar-refractivity contribution in [1.29, 1.82) is 0 Å². The lowest BCUT2D eigenvalue weighted by Crippen LogP contribution is -2.48. The topological polar surface area (TPSA) is 58.6 Å². The molecule has 1 heterocycles. The normalized spacial score (nSPS) is 19.9. The van der Waals surface area contributed by atoms with Gasteiger partial charge in [-0.25, -0.2) is 0 Å². The van der Waals surface area contributed by atoms with Crippen molar-refractivity contribution in [3.8, 4) is 0 Å². The van der Waals surface area contributed by atoms with Gasteiger partial charge >= 0.3 is 5.97 Å². The van der Waals surface area contributed by atoms with E-state index in [1.165, 1.54) is 0 Å². The Balaban J connectivity index is 1.94. The molecule has 1 aromatic carbocycles. The van der Waals surface area contributed by atoms with Crippen LogP contribution in [-0.2, 0) is 14.3 Å². The third-order valence-electron chi connectivity index (χ3n) is 4.09. The van der Waals surface area contributed by atoms with Gasteiger partial charge in [-0.05, 0) is 51.4 Å². The predicted octanol–water partition coefficient (Wildman–Crippen LogP) is 3.05. The molecule has 2 rings (SSSR count). The van der Waals surface area contributed by atoms with E-state index in [4.69, 9.17) is 4.74 Å². The summed E-state index contributed by atoms with van der Waals surface area (Å²) in [5.41, 5.74) is 0.759. The first-order chi connectivity index (χ1) is 11.0. The monoisotopic (exact) mass is 382 g/mol. The van der Waals surface area contributed by atoms with Gasteiger partial charge in [-0.2, -0.15) is 0 Å². The number of rotatable bonds is 5. The summed E-state index contributed by atoms with van der Waals surface area (Å²) in [5, 5.41) is 2.92. The number of esters is 1.